The summed E-state index contributed by atoms with van der Waals surface area (Å²) in [4.78, 5) is 3.46. The van der Waals surface area contributed by atoms with Crippen LogP contribution in [0.2, 0.25) is 0 Å². The summed E-state index contributed by atoms with van der Waals surface area (Å²) < 4.78 is 30.2. The minimum Gasteiger partial charge on any atom is -0.497 e. The molecule has 4 nitrogen and oxygen atoms in total. The van der Waals surface area contributed by atoms with Crippen molar-refractivity contribution in [2.24, 2.45) is 0 Å². The van der Waals surface area contributed by atoms with Gasteiger partial charge in [0.2, 0.25) is 0 Å². The second kappa shape index (κ2) is 5.98. The molecule has 0 aliphatic rings. The van der Waals surface area contributed by atoms with E-state index in [0.29, 0.717) is 11.3 Å². The zero-order valence-corrected chi connectivity index (χ0v) is 12.6. The molecular weight excluding hydrogens is 286 g/mol. The maximum absolute atomic E-state index is 12.6. The predicted octanol–water partition coefficient (Wildman–Crippen LogP) is 3.40. The van der Waals surface area contributed by atoms with E-state index in [9.17, 15) is 8.42 Å². The van der Waals surface area contributed by atoms with Crippen molar-refractivity contribution < 1.29 is 13.2 Å². The third kappa shape index (κ3) is 3.06. The van der Waals surface area contributed by atoms with Crippen LogP contribution in [0.15, 0.2) is 53.4 Å². The van der Waals surface area contributed by atoms with Gasteiger partial charge in [0.15, 0.2) is 0 Å². The van der Waals surface area contributed by atoms with Gasteiger partial charge in [-0.1, -0.05) is 17.7 Å². The van der Waals surface area contributed by atoms with E-state index in [2.05, 4.69) is 4.85 Å². The Hall–Kier alpha value is -2.32. The van der Waals surface area contributed by atoms with E-state index >= 15 is 0 Å². The molecule has 1 unspecified atom stereocenters. The van der Waals surface area contributed by atoms with Crippen LogP contribution in [0.1, 0.15) is 16.5 Å². The highest BCUT2D eigenvalue weighted by molar-refractivity contribution is 7.91. The van der Waals surface area contributed by atoms with E-state index < -0.39 is 15.2 Å². The normalized spacial score (nSPS) is 12.4. The molecule has 21 heavy (non-hydrogen) atoms. The zero-order chi connectivity index (χ0) is 15.5. The summed E-state index contributed by atoms with van der Waals surface area (Å²) in [5.74, 6) is 0.621. The van der Waals surface area contributed by atoms with E-state index in [1.165, 1.54) is 19.2 Å². The van der Waals surface area contributed by atoms with E-state index in [0.717, 1.165) is 5.56 Å². The Bertz CT molecular complexity index is 757. The zero-order valence-electron chi connectivity index (χ0n) is 11.8. The van der Waals surface area contributed by atoms with Crippen LogP contribution in [0, 0.1) is 13.5 Å². The molecule has 0 bridgehead atoms. The van der Waals surface area contributed by atoms with E-state index in [-0.39, 0.29) is 4.90 Å². The van der Waals surface area contributed by atoms with E-state index in [1.807, 2.05) is 6.92 Å². The second-order valence-electron chi connectivity index (χ2n) is 4.61. The smallest absolute Gasteiger partial charge is 0.350 e. The van der Waals surface area contributed by atoms with Crippen LogP contribution in [0.4, 0.5) is 0 Å². The number of methoxy groups -OCH3 is 1. The molecule has 0 saturated heterocycles. The van der Waals surface area contributed by atoms with Crippen LogP contribution in [0.25, 0.3) is 4.85 Å². The molecule has 2 aromatic rings. The van der Waals surface area contributed by atoms with Gasteiger partial charge >= 0.3 is 5.37 Å². The molecule has 0 heterocycles. The van der Waals surface area contributed by atoms with E-state index in [1.54, 1.807) is 36.4 Å². The van der Waals surface area contributed by atoms with Crippen LogP contribution in [0.3, 0.4) is 0 Å². The molecular formula is C16H15NO3S. The largest absolute Gasteiger partial charge is 0.497 e. The van der Waals surface area contributed by atoms with Crippen molar-refractivity contribution in [3.05, 3.63) is 71.1 Å². The SMILES string of the molecule is [C-]#[N+]C(c1ccc(OC)cc1)S(=O)(=O)c1ccc(C)cc1. The summed E-state index contributed by atoms with van der Waals surface area (Å²) in [6.07, 6.45) is 0. The first-order valence-electron chi connectivity index (χ1n) is 6.30. The van der Waals surface area contributed by atoms with Crippen LogP contribution in [-0.4, -0.2) is 15.5 Å². The Kier molecular flexibility index (Phi) is 4.29. The summed E-state index contributed by atoms with van der Waals surface area (Å²) in [5.41, 5.74) is 1.41. The molecule has 0 fully saturated rings. The Morgan fingerprint density at radius 1 is 1.05 bits per heavy atom. The number of nitrogens with zero attached hydrogens (tertiary/aromatic N) is 1. The highest BCUT2D eigenvalue weighted by Crippen LogP contribution is 2.31. The topological polar surface area (TPSA) is 47.7 Å². The fourth-order valence-electron chi connectivity index (χ4n) is 1.95. The van der Waals surface area contributed by atoms with Gasteiger partial charge < -0.3 is 4.74 Å². The van der Waals surface area contributed by atoms with Crippen LogP contribution in [0.5, 0.6) is 5.75 Å². The second-order valence-corrected chi connectivity index (χ2v) is 6.62. The van der Waals surface area contributed by atoms with Gasteiger partial charge in [0.1, 0.15) is 5.75 Å². The molecule has 0 N–H and O–H groups in total. The molecule has 0 radical (unpaired) electrons. The summed E-state index contributed by atoms with van der Waals surface area (Å²) in [5, 5.41) is -1.24. The molecule has 0 saturated carbocycles. The third-order valence-corrected chi connectivity index (χ3v) is 5.06. The summed E-state index contributed by atoms with van der Waals surface area (Å²) in [6.45, 7) is 9.14. The van der Waals surface area contributed by atoms with Crippen LogP contribution in [-0.2, 0) is 9.84 Å². The quantitative estimate of drug-likeness (QED) is 0.813. The van der Waals surface area contributed by atoms with Gasteiger partial charge in [0.05, 0.1) is 17.6 Å². The average Bonchev–Trinajstić information content (AvgIpc) is 2.49. The first kappa shape index (κ1) is 15.1. The lowest BCUT2D eigenvalue weighted by Crippen LogP contribution is -2.10. The maximum atomic E-state index is 12.6. The molecule has 0 spiro atoms. The van der Waals surface area contributed by atoms with Gasteiger partial charge in [-0.3, -0.25) is 4.85 Å². The van der Waals surface area contributed by atoms with Crippen molar-refractivity contribution in [1.82, 2.24) is 0 Å². The van der Waals surface area contributed by atoms with Gasteiger partial charge in [0, 0.05) is 0 Å². The molecule has 0 aromatic heterocycles. The summed E-state index contributed by atoms with van der Waals surface area (Å²) >= 11 is 0. The molecule has 2 aromatic carbocycles. The van der Waals surface area contributed by atoms with Crippen molar-refractivity contribution in [3.63, 3.8) is 0 Å². The average molecular weight is 301 g/mol. The van der Waals surface area contributed by atoms with Gasteiger partial charge in [0.25, 0.3) is 9.84 Å². The Morgan fingerprint density at radius 3 is 2.10 bits per heavy atom. The molecule has 108 valence electrons. The lowest BCUT2D eigenvalue weighted by molar-refractivity contribution is 0.414. The van der Waals surface area contributed by atoms with Crippen molar-refractivity contribution in [2.45, 2.75) is 17.2 Å². The Balaban J connectivity index is 2.44. The van der Waals surface area contributed by atoms with Crippen molar-refractivity contribution in [1.29, 1.82) is 0 Å². The number of ether oxygens (including phenoxy) is 1. The molecule has 5 heteroatoms. The number of rotatable bonds is 4. The highest BCUT2D eigenvalue weighted by atomic mass is 32.2. The molecule has 0 aliphatic carbocycles. The third-order valence-electron chi connectivity index (χ3n) is 3.16. The first-order chi connectivity index (χ1) is 9.98. The lowest BCUT2D eigenvalue weighted by atomic mass is 10.2. The molecule has 0 aliphatic heterocycles. The fraction of sp³-hybridized carbons (Fsp3) is 0.188. The number of sulfone groups is 1. The molecule has 2 rings (SSSR count). The van der Waals surface area contributed by atoms with Crippen LogP contribution >= 0.6 is 0 Å². The van der Waals surface area contributed by atoms with Crippen molar-refractivity contribution in [2.75, 3.05) is 7.11 Å². The maximum Gasteiger partial charge on any atom is 0.350 e. The summed E-state index contributed by atoms with van der Waals surface area (Å²) in [6, 6.07) is 13.0. The number of hydrogen-bond acceptors (Lipinski definition) is 3. The Morgan fingerprint density at radius 2 is 1.62 bits per heavy atom. The van der Waals surface area contributed by atoms with E-state index in [4.69, 9.17) is 11.3 Å². The number of aryl methyl sites for hydroxylation is 1. The van der Waals surface area contributed by atoms with Crippen molar-refractivity contribution >= 4 is 9.84 Å². The molecule has 1 atom stereocenters. The van der Waals surface area contributed by atoms with Crippen molar-refractivity contribution in [3.8, 4) is 5.75 Å². The van der Waals surface area contributed by atoms with Gasteiger partial charge in [-0.25, -0.2) is 15.0 Å². The lowest BCUT2D eigenvalue weighted by Gasteiger charge is -2.09. The summed E-state index contributed by atoms with van der Waals surface area (Å²) in [7, 11) is -2.20. The highest BCUT2D eigenvalue weighted by Gasteiger charge is 2.34. The van der Waals surface area contributed by atoms with Gasteiger partial charge in [-0.2, -0.15) is 0 Å². The fourth-order valence-corrected chi connectivity index (χ4v) is 3.38. The first-order valence-corrected chi connectivity index (χ1v) is 7.85. The van der Waals surface area contributed by atoms with Crippen LogP contribution < -0.4 is 4.74 Å². The molecule has 0 amide bonds. The minimum absolute atomic E-state index is 0.157. The number of benzene rings is 2. The Labute approximate surface area is 124 Å². The predicted molar refractivity (Wildman–Crippen MR) is 80.7 cm³/mol. The number of hydrogen-bond donors (Lipinski definition) is 0. The van der Waals surface area contributed by atoms with Gasteiger partial charge in [-0.15, -0.1) is 0 Å². The monoisotopic (exact) mass is 301 g/mol. The minimum atomic E-state index is -3.74. The standard InChI is InChI=1S/C16H15NO3S/c1-12-4-10-15(11-5-12)21(18,19)16(17-2)13-6-8-14(20-3)9-7-13/h4-11,16H,1,3H3. The van der Waals surface area contributed by atoms with Gasteiger partial charge in [-0.05, 0) is 43.3 Å².